The van der Waals surface area contributed by atoms with E-state index < -0.39 is 10.0 Å². The van der Waals surface area contributed by atoms with Gasteiger partial charge in [0.1, 0.15) is 0 Å². The Morgan fingerprint density at radius 2 is 1.95 bits per heavy atom. The zero-order valence-electron chi connectivity index (χ0n) is 11.8. The lowest BCUT2D eigenvalue weighted by Crippen LogP contribution is -2.14. The fraction of sp³-hybridized carbons (Fsp3) is 0.214. The molecule has 2 rings (SSSR count). The zero-order chi connectivity index (χ0) is 15.3. The molecule has 2 aromatic rings. The maximum absolute atomic E-state index is 11.5. The van der Waals surface area contributed by atoms with E-state index in [1.165, 1.54) is 0 Å². The number of sulfonamides is 1. The van der Waals surface area contributed by atoms with Crippen molar-refractivity contribution in [1.82, 2.24) is 9.78 Å². The van der Waals surface area contributed by atoms with E-state index in [2.05, 4.69) is 21.7 Å². The molecule has 1 heterocycles. The first-order valence-electron chi connectivity index (χ1n) is 6.52. The van der Waals surface area contributed by atoms with Crippen LogP contribution in [-0.4, -0.2) is 24.0 Å². The summed E-state index contributed by atoms with van der Waals surface area (Å²) in [7, 11) is -3.23. The Bertz CT molecular complexity index is 705. The molecule has 0 unspecified atom stereocenters. The van der Waals surface area contributed by atoms with Gasteiger partial charge in [0.15, 0.2) is 0 Å². The second-order valence-electron chi connectivity index (χ2n) is 4.45. The summed E-state index contributed by atoms with van der Waals surface area (Å²) in [6, 6.07) is 7.10. The molecule has 6 nitrogen and oxygen atoms in total. The first kappa shape index (κ1) is 15.1. The molecule has 1 aromatic heterocycles. The number of nitrogens with zero attached hydrogens (tertiary/aromatic N) is 2. The zero-order valence-corrected chi connectivity index (χ0v) is 12.6. The molecule has 0 aliphatic heterocycles. The second kappa shape index (κ2) is 6.45. The number of benzene rings is 1. The molecule has 0 saturated carbocycles. The monoisotopic (exact) mass is 306 g/mol. The quantitative estimate of drug-likeness (QED) is 0.823. The Hall–Kier alpha value is -2.28. The molecule has 7 heteroatoms. The molecule has 0 fully saturated rings. The highest BCUT2D eigenvalue weighted by molar-refractivity contribution is 7.92. The van der Waals surface area contributed by atoms with E-state index in [9.17, 15) is 8.42 Å². The highest BCUT2D eigenvalue weighted by Crippen LogP contribution is 2.15. The summed E-state index contributed by atoms with van der Waals surface area (Å²) < 4.78 is 27.0. The van der Waals surface area contributed by atoms with Gasteiger partial charge in [-0.2, -0.15) is 5.10 Å². The highest BCUT2D eigenvalue weighted by Gasteiger charge is 2.06. The lowest BCUT2D eigenvalue weighted by molar-refractivity contribution is 0.602. The molecule has 1 aromatic carbocycles. The van der Waals surface area contributed by atoms with Crippen molar-refractivity contribution in [2.24, 2.45) is 0 Å². The Morgan fingerprint density at radius 1 is 1.29 bits per heavy atom. The summed E-state index contributed by atoms with van der Waals surface area (Å²) >= 11 is 0. The molecule has 0 aliphatic rings. The average molecular weight is 306 g/mol. The van der Waals surface area contributed by atoms with Crippen LogP contribution in [0.5, 0.6) is 0 Å². The fourth-order valence-corrected chi connectivity index (χ4v) is 2.32. The van der Waals surface area contributed by atoms with E-state index in [-0.39, 0.29) is 5.75 Å². The summed E-state index contributed by atoms with van der Waals surface area (Å²) in [6.07, 6.45) is 5.26. The van der Waals surface area contributed by atoms with Gasteiger partial charge in [-0.05, 0) is 31.2 Å². The van der Waals surface area contributed by atoms with Gasteiger partial charge in [-0.1, -0.05) is 6.58 Å². The van der Waals surface area contributed by atoms with Crippen LogP contribution in [0, 0.1) is 0 Å². The van der Waals surface area contributed by atoms with E-state index in [4.69, 9.17) is 0 Å². The van der Waals surface area contributed by atoms with Crippen molar-refractivity contribution in [3.63, 3.8) is 0 Å². The van der Waals surface area contributed by atoms with Crippen LogP contribution < -0.4 is 10.0 Å². The summed E-state index contributed by atoms with van der Waals surface area (Å²) in [5.74, 6) is 0.0558. The highest BCUT2D eigenvalue weighted by atomic mass is 32.2. The fourth-order valence-electron chi connectivity index (χ4n) is 1.68. The number of anilines is 2. The number of hydrogen-bond donors (Lipinski definition) is 2. The molecule has 0 spiro atoms. The lowest BCUT2D eigenvalue weighted by atomic mass is 10.2. The largest absolute Gasteiger partial charge is 0.381 e. The van der Waals surface area contributed by atoms with Crippen molar-refractivity contribution in [1.29, 1.82) is 0 Å². The van der Waals surface area contributed by atoms with E-state index in [0.29, 0.717) is 12.2 Å². The van der Waals surface area contributed by atoms with Crippen LogP contribution in [0.2, 0.25) is 0 Å². The molecular weight excluding hydrogens is 288 g/mol. The number of nitrogens with one attached hydrogen (secondary N) is 2. The van der Waals surface area contributed by atoms with Crippen molar-refractivity contribution < 1.29 is 8.42 Å². The third-order valence-corrected chi connectivity index (χ3v) is 4.18. The van der Waals surface area contributed by atoms with Crippen molar-refractivity contribution >= 4 is 27.6 Å². The minimum atomic E-state index is -3.23. The SMILES string of the molecule is C=Cn1cc(CNc2ccc(NS(=O)(=O)CC)cc2)cn1. The average Bonchev–Trinajstić information content (AvgIpc) is 2.94. The molecule has 0 amide bonds. The Morgan fingerprint density at radius 3 is 2.52 bits per heavy atom. The van der Waals surface area contributed by atoms with Gasteiger partial charge in [-0.25, -0.2) is 13.1 Å². The molecule has 0 radical (unpaired) electrons. The van der Waals surface area contributed by atoms with Crippen molar-refractivity contribution in [3.8, 4) is 0 Å². The summed E-state index contributed by atoms with van der Waals surface area (Å²) in [4.78, 5) is 0. The third kappa shape index (κ3) is 4.35. The lowest BCUT2D eigenvalue weighted by Gasteiger charge is -2.08. The topological polar surface area (TPSA) is 76.0 Å². The number of hydrogen-bond acceptors (Lipinski definition) is 4. The normalized spacial score (nSPS) is 11.1. The van der Waals surface area contributed by atoms with Gasteiger partial charge in [0.2, 0.25) is 10.0 Å². The van der Waals surface area contributed by atoms with Gasteiger partial charge < -0.3 is 5.32 Å². The van der Waals surface area contributed by atoms with Crippen molar-refractivity contribution in [3.05, 3.63) is 48.8 Å². The van der Waals surface area contributed by atoms with E-state index in [1.807, 2.05) is 18.3 Å². The minimum absolute atomic E-state index is 0.0558. The van der Waals surface area contributed by atoms with Gasteiger partial charge in [0.05, 0.1) is 11.9 Å². The standard InChI is InChI=1S/C14H18N4O2S/c1-3-18-11-12(10-16-18)9-15-13-5-7-14(8-6-13)17-21(19,20)4-2/h3,5-8,10-11,15,17H,1,4,9H2,2H3. The van der Waals surface area contributed by atoms with Crippen molar-refractivity contribution in [2.75, 3.05) is 15.8 Å². The molecule has 21 heavy (non-hydrogen) atoms. The summed E-state index contributed by atoms with van der Waals surface area (Å²) in [5.41, 5.74) is 2.49. The van der Waals surface area contributed by atoms with Gasteiger partial charge in [-0.3, -0.25) is 4.72 Å². The van der Waals surface area contributed by atoms with Gasteiger partial charge in [0.25, 0.3) is 0 Å². The summed E-state index contributed by atoms with van der Waals surface area (Å²) in [5, 5.41) is 7.33. The van der Waals surface area contributed by atoms with E-state index >= 15 is 0 Å². The smallest absolute Gasteiger partial charge is 0.232 e. The Kier molecular flexibility index (Phi) is 4.64. The molecule has 0 aliphatic carbocycles. The molecule has 0 atom stereocenters. The number of rotatable bonds is 7. The third-order valence-electron chi connectivity index (χ3n) is 2.88. The Labute approximate surface area is 124 Å². The van der Waals surface area contributed by atoms with E-state index in [0.717, 1.165) is 11.3 Å². The molecule has 0 saturated heterocycles. The molecule has 2 N–H and O–H groups in total. The maximum atomic E-state index is 11.5. The predicted octanol–water partition coefficient (Wildman–Crippen LogP) is 2.36. The predicted molar refractivity (Wildman–Crippen MR) is 85.5 cm³/mol. The Balaban J connectivity index is 1.94. The van der Waals surface area contributed by atoms with Crippen molar-refractivity contribution in [2.45, 2.75) is 13.5 Å². The van der Waals surface area contributed by atoms with Crippen LogP contribution >= 0.6 is 0 Å². The maximum Gasteiger partial charge on any atom is 0.232 e. The second-order valence-corrected chi connectivity index (χ2v) is 6.46. The van der Waals surface area contributed by atoms with E-state index in [1.54, 1.807) is 36.1 Å². The molecule has 0 bridgehead atoms. The first-order valence-corrected chi connectivity index (χ1v) is 8.17. The van der Waals surface area contributed by atoms with Gasteiger partial charge >= 0.3 is 0 Å². The first-order chi connectivity index (χ1) is 10.0. The van der Waals surface area contributed by atoms with Crippen LogP contribution in [0.3, 0.4) is 0 Å². The van der Waals surface area contributed by atoms with Crippen LogP contribution in [0.1, 0.15) is 12.5 Å². The van der Waals surface area contributed by atoms with Crippen LogP contribution in [0.4, 0.5) is 11.4 Å². The van der Waals surface area contributed by atoms with Gasteiger partial charge in [-0.15, -0.1) is 0 Å². The molecular formula is C14H18N4O2S. The van der Waals surface area contributed by atoms with Crippen LogP contribution in [0.25, 0.3) is 6.20 Å². The summed E-state index contributed by atoms with van der Waals surface area (Å²) in [6.45, 7) is 5.86. The molecule has 112 valence electrons. The van der Waals surface area contributed by atoms with Crippen LogP contribution in [0.15, 0.2) is 43.2 Å². The van der Waals surface area contributed by atoms with Crippen LogP contribution in [-0.2, 0) is 16.6 Å². The number of aromatic nitrogens is 2. The minimum Gasteiger partial charge on any atom is -0.381 e. The van der Waals surface area contributed by atoms with Gasteiger partial charge in [0, 0.05) is 35.9 Å².